The quantitative estimate of drug-likeness (QED) is 0.795. The van der Waals surface area contributed by atoms with E-state index in [1.807, 2.05) is 25.1 Å². The molecule has 3 aromatic rings. The summed E-state index contributed by atoms with van der Waals surface area (Å²) in [4.78, 5) is 0. The Balaban J connectivity index is 1.89. The molecule has 2 heterocycles. The van der Waals surface area contributed by atoms with Crippen molar-refractivity contribution in [2.24, 2.45) is 0 Å². The molecule has 0 atom stereocenters. The molecule has 3 rings (SSSR count). The van der Waals surface area contributed by atoms with Gasteiger partial charge in [-0.15, -0.1) is 0 Å². The maximum atomic E-state index is 13.2. The van der Waals surface area contributed by atoms with Crippen molar-refractivity contribution < 1.29 is 8.81 Å². The summed E-state index contributed by atoms with van der Waals surface area (Å²) >= 11 is 0. The molecule has 2 aromatic heterocycles. The van der Waals surface area contributed by atoms with Crippen LogP contribution < -0.4 is 5.73 Å². The van der Waals surface area contributed by atoms with E-state index in [-0.39, 0.29) is 5.82 Å². The van der Waals surface area contributed by atoms with Crippen LogP contribution in [0.3, 0.4) is 0 Å². The first-order chi connectivity index (χ1) is 9.61. The van der Waals surface area contributed by atoms with E-state index in [4.69, 9.17) is 10.2 Å². The second-order valence-corrected chi connectivity index (χ2v) is 4.67. The number of rotatable bonds is 3. The van der Waals surface area contributed by atoms with E-state index in [9.17, 15) is 4.39 Å². The van der Waals surface area contributed by atoms with Crippen LogP contribution >= 0.6 is 0 Å². The van der Waals surface area contributed by atoms with Crippen LogP contribution in [0.5, 0.6) is 0 Å². The summed E-state index contributed by atoms with van der Waals surface area (Å²) in [6.07, 6.45) is 1.72. The van der Waals surface area contributed by atoms with E-state index in [0.717, 1.165) is 11.3 Å². The minimum atomic E-state index is -0.260. The van der Waals surface area contributed by atoms with Crippen LogP contribution in [0.1, 0.15) is 11.3 Å². The van der Waals surface area contributed by atoms with Gasteiger partial charge in [-0.3, -0.25) is 4.68 Å². The van der Waals surface area contributed by atoms with Gasteiger partial charge in [-0.25, -0.2) is 4.39 Å². The van der Waals surface area contributed by atoms with Gasteiger partial charge in [0.25, 0.3) is 0 Å². The average Bonchev–Trinajstić information content (AvgIpc) is 2.96. The minimum Gasteiger partial charge on any atom is -0.460 e. The number of anilines is 1. The Morgan fingerprint density at radius 3 is 2.85 bits per heavy atom. The van der Waals surface area contributed by atoms with E-state index in [2.05, 4.69) is 5.10 Å². The number of furan rings is 1. The molecule has 20 heavy (non-hydrogen) atoms. The Hall–Kier alpha value is -2.56. The topological polar surface area (TPSA) is 57.0 Å². The summed E-state index contributed by atoms with van der Waals surface area (Å²) in [7, 11) is 0. The summed E-state index contributed by atoms with van der Waals surface area (Å²) in [5.74, 6) is 1.18. The van der Waals surface area contributed by atoms with Crippen molar-refractivity contribution in [3.05, 3.63) is 59.7 Å². The van der Waals surface area contributed by atoms with Crippen molar-refractivity contribution >= 4 is 5.69 Å². The van der Waals surface area contributed by atoms with E-state index in [1.165, 1.54) is 12.1 Å². The Morgan fingerprint density at radius 1 is 1.30 bits per heavy atom. The fourth-order valence-corrected chi connectivity index (χ4v) is 2.09. The molecule has 0 aliphatic carbocycles. The summed E-state index contributed by atoms with van der Waals surface area (Å²) in [5, 5.41) is 4.39. The van der Waals surface area contributed by atoms with Crippen LogP contribution in [0.4, 0.5) is 10.1 Å². The Labute approximate surface area is 115 Å². The molecule has 2 N–H and O–H groups in total. The largest absolute Gasteiger partial charge is 0.460 e. The zero-order valence-electron chi connectivity index (χ0n) is 11.0. The maximum absolute atomic E-state index is 13.2. The number of nitrogen functional groups attached to an aromatic ring is 1. The third-order valence-electron chi connectivity index (χ3n) is 3.00. The first-order valence-electron chi connectivity index (χ1n) is 6.26. The maximum Gasteiger partial charge on any atom is 0.156 e. The fraction of sp³-hybridized carbons (Fsp3) is 0.133. The van der Waals surface area contributed by atoms with Crippen LogP contribution in [0.2, 0.25) is 0 Å². The Bertz CT molecular complexity index is 745. The van der Waals surface area contributed by atoms with Crippen molar-refractivity contribution in [2.75, 3.05) is 5.73 Å². The van der Waals surface area contributed by atoms with Gasteiger partial charge in [-0.2, -0.15) is 5.10 Å². The molecule has 5 heteroatoms. The number of aryl methyl sites for hydroxylation is 1. The van der Waals surface area contributed by atoms with Gasteiger partial charge in [0, 0.05) is 6.20 Å². The zero-order chi connectivity index (χ0) is 14.1. The van der Waals surface area contributed by atoms with Gasteiger partial charge >= 0.3 is 0 Å². The molecule has 102 valence electrons. The number of nitrogens with two attached hydrogens (primary N) is 1. The number of halogens is 1. The minimum absolute atomic E-state index is 0.260. The molecule has 0 aliphatic rings. The summed E-state index contributed by atoms with van der Waals surface area (Å²) in [5.41, 5.74) is 7.92. The SMILES string of the molecule is Cc1ccc(-c2nn(Cc3cccc(F)c3)cc2N)o1. The standard InChI is InChI=1S/C15H14FN3O/c1-10-5-6-14(20-10)15-13(17)9-19(18-15)8-11-3-2-4-12(16)7-11/h2-7,9H,8,17H2,1H3. The van der Waals surface area contributed by atoms with Gasteiger partial charge < -0.3 is 10.2 Å². The fourth-order valence-electron chi connectivity index (χ4n) is 2.09. The third-order valence-corrected chi connectivity index (χ3v) is 3.00. The first-order valence-corrected chi connectivity index (χ1v) is 6.26. The number of hydrogen-bond acceptors (Lipinski definition) is 3. The lowest BCUT2D eigenvalue weighted by Gasteiger charge is -2.01. The van der Waals surface area contributed by atoms with Crippen LogP contribution in [-0.4, -0.2) is 9.78 Å². The van der Waals surface area contributed by atoms with E-state index in [1.54, 1.807) is 16.9 Å². The highest BCUT2D eigenvalue weighted by Gasteiger charge is 2.12. The molecule has 0 bridgehead atoms. The number of hydrogen-bond donors (Lipinski definition) is 1. The summed E-state index contributed by atoms with van der Waals surface area (Å²) < 4.78 is 20.3. The number of aromatic nitrogens is 2. The number of benzene rings is 1. The van der Waals surface area contributed by atoms with Crippen molar-refractivity contribution in [3.63, 3.8) is 0 Å². The molecule has 0 fully saturated rings. The van der Waals surface area contributed by atoms with Crippen LogP contribution in [0.25, 0.3) is 11.5 Å². The smallest absolute Gasteiger partial charge is 0.156 e. The van der Waals surface area contributed by atoms with E-state index >= 15 is 0 Å². The van der Waals surface area contributed by atoms with Crippen LogP contribution in [-0.2, 0) is 6.54 Å². The second kappa shape index (κ2) is 4.85. The molecule has 0 saturated heterocycles. The van der Waals surface area contributed by atoms with Crippen molar-refractivity contribution in [2.45, 2.75) is 13.5 Å². The van der Waals surface area contributed by atoms with E-state index < -0.39 is 0 Å². The third kappa shape index (κ3) is 2.42. The lowest BCUT2D eigenvalue weighted by molar-refractivity contribution is 0.544. The van der Waals surface area contributed by atoms with Gasteiger partial charge in [0.1, 0.15) is 11.6 Å². The van der Waals surface area contributed by atoms with Gasteiger partial charge in [0.15, 0.2) is 11.5 Å². The summed E-state index contributed by atoms with van der Waals surface area (Å²) in [6, 6.07) is 10.1. The predicted octanol–water partition coefficient (Wildman–Crippen LogP) is 3.22. The molecule has 0 unspecified atom stereocenters. The molecule has 4 nitrogen and oxygen atoms in total. The molecule has 0 spiro atoms. The normalized spacial score (nSPS) is 10.9. The predicted molar refractivity (Wildman–Crippen MR) is 74.6 cm³/mol. The molecular weight excluding hydrogens is 257 g/mol. The van der Waals surface area contributed by atoms with Crippen molar-refractivity contribution in [1.82, 2.24) is 9.78 Å². The molecule has 1 aromatic carbocycles. The Kier molecular flexibility index (Phi) is 3.02. The molecule has 0 aliphatic heterocycles. The highest BCUT2D eigenvalue weighted by atomic mass is 19.1. The highest BCUT2D eigenvalue weighted by molar-refractivity contribution is 5.67. The van der Waals surface area contributed by atoms with Crippen LogP contribution in [0, 0.1) is 12.7 Å². The highest BCUT2D eigenvalue weighted by Crippen LogP contribution is 2.26. The molecule has 0 amide bonds. The average molecular weight is 271 g/mol. The molecular formula is C15H14FN3O. The first kappa shape index (κ1) is 12.5. The van der Waals surface area contributed by atoms with Crippen molar-refractivity contribution in [3.8, 4) is 11.5 Å². The molecule has 0 radical (unpaired) electrons. The Morgan fingerprint density at radius 2 is 2.15 bits per heavy atom. The van der Waals surface area contributed by atoms with Gasteiger partial charge in [-0.05, 0) is 36.8 Å². The number of nitrogens with zero attached hydrogens (tertiary/aromatic N) is 2. The zero-order valence-corrected chi connectivity index (χ0v) is 11.0. The summed E-state index contributed by atoms with van der Waals surface area (Å²) in [6.45, 7) is 2.32. The second-order valence-electron chi connectivity index (χ2n) is 4.67. The molecule has 0 saturated carbocycles. The van der Waals surface area contributed by atoms with E-state index in [0.29, 0.717) is 23.7 Å². The monoisotopic (exact) mass is 271 g/mol. The van der Waals surface area contributed by atoms with Gasteiger partial charge in [0.05, 0.1) is 12.2 Å². The van der Waals surface area contributed by atoms with Gasteiger partial charge in [-0.1, -0.05) is 12.1 Å². The van der Waals surface area contributed by atoms with Crippen molar-refractivity contribution in [1.29, 1.82) is 0 Å². The van der Waals surface area contributed by atoms with Gasteiger partial charge in [0.2, 0.25) is 0 Å². The lowest BCUT2D eigenvalue weighted by Crippen LogP contribution is -2.00. The lowest BCUT2D eigenvalue weighted by atomic mass is 10.2. The van der Waals surface area contributed by atoms with Crippen LogP contribution in [0.15, 0.2) is 47.0 Å².